The molecule has 1 unspecified atom stereocenters. The fraction of sp³-hybridized carbons (Fsp3) is 0.312. The molecule has 0 aliphatic carbocycles. The van der Waals surface area contributed by atoms with Gasteiger partial charge in [0.05, 0.1) is 7.11 Å². The van der Waals surface area contributed by atoms with E-state index in [2.05, 4.69) is 15.6 Å². The molecular weight excluding hydrogens is 314 g/mol. The number of hydrogen-bond donors (Lipinski definition) is 2. The smallest absolute Gasteiger partial charge is 0.251 e. The van der Waals surface area contributed by atoms with Gasteiger partial charge in [0.1, 0.15) is 11.8 Å². The summed E-state index contributed by atoms with van der Waals surface area (Å²) >= 11 is 1.33. The van der Waals surface area contributed by atoms with E-state index in [1.165, 1.54) is 11.3 Å². The van der Waals surface area contributed by atoms with Crippen molar-refractivity contribution in [1.29, 1.82) is 0 Å². The zero-order valence-electron chi connectivity index (χ0n) is 13.2. The van der Waals surface area contributed by atoms with Gasteiger partial charge in [0, 0.05) is 17.1 Å². The molecule has 2 amide bonds. The fourth-order valence-corrected chi connectivity index (χ4v) is 2.50. The minimum absolute atomic E-state index is 0.0582. The first-order chi connectivity index (χ1) is 11.0. The molecule has 0 bridgehead atoms. The van der Waals surface area contributed by atoms with E-state index in [0.29, 0.717) is 16.4 Å². The summed E-state index contributed by atoms with van der Waals surface area (Å²) in [7, 11) is 1.56. The summed E-state index contributed by atoms with van der Waals surface area (Å²) in [6.07, 6.45) is 1.61. The molecule has 23 heavy (non-hydrogen) atoms. The van der Waals surface area contributed by atoms with E-state index in [9.17, 15) is 9.59 Å². The number of benzene rings is 1. The summed E-state index contributed by atoms with van der Waals surface area (Å²) in [6, 6.07) is 6.08. The lowest BCUT2D eigenvalue weighted by atomic mass is 10.0. The highest BCUT2D eigenvalue weighted by Crippen LogP contribution is 2.14. The van der Waals surface area contributed by atoms with Crippen LogP contribution < -0.4 is 15.4 Å². The van der Waals surface area contributed by atoms with Crippen LogP contribution in [0.1, 0.15) is 24.2 Å². The summed E-state index contributed by atoms with van der Waals surface area (Å²) in [5.74, 6) is 0.0260. The third-order valence-corrected chi connectivity index (χ3v) is 3.94. The van der Waals surface area contributed by atoms with Crippen LogP contribution in [0.25, 0.3) is 0 Å². The molecule has 0 saturated heterocycles. The average Bonchev–Trinajstić information content (AvgIpc) is 3.04. The second kappa shape index (κ2) is 7.73. The van der Waals surface area contributed by atoms with E-state index in [4.69, 9.17) is 4.74 Å². The third kappa shape index (κ3) is 4.53. The van der Waals surface area contributed by atoms with Gasteiger partial charge in [-0.2, -0.15) is 0 Å². The summed E-state index contributed by atoms with van der Waals surface area (Å²) in [5.41, 5.74) is 0.471. The first-order valence-corrected chi connectivity index (χ1v) is 8.04. The molecule has 1 heterocycles. The Balaban J connectivity index is 2.05. The largest absolute Gasteiger partial charge is 0.497 e. The number of amides is 2. The molecule has 122 valence electrons. The van der Waals surface area contributed by atoms with Crippen LogP contribution >= 0.6 is 11.3 Å². The minimum Gasteiger partial charge on any atom is -0.497 e. The summed E-state index contributed by atoms with van der Waals surface area (Å²) < 4.78 is 5.06. The molecule has 0 aliphatic heterocycles. The Morgan fingerprint density at radius 1 is 1.22 bits per heavy atom. The number of anilines is 1. The Kier molecular flexibility index (Phi) is 5.70. The summed E-state index contributed by atoms with van der Waals surface area (Å²) in [5, 5.41) is 7.77. The Bertz CT molecular complexity index is 654. The first kappa shape index (κ1) is 17.0. The lowest BCUT2D eigenvalue weighted by Gasteiger charge is -2.21. The maximum Gasteiger partial charge on any atom is 0.251 e. The van der Waals surface area contributed by atoms with Crippen molar-refractivity contribution in [2.45, 2.75) is 19.9 Å². The van der Waals surface area contributed by atoms with Gasteiger partial charge in [0.25, 0.3) is 5.91 Å². The number of methoxy groups -OCH3 is 1. The van der Waals surface area contributed by atoms with Gasteiger partial charge in [-0.05, 0) is 30.2 Å². The van der Waals surface area contributed by atoms with Crippen LogP contribution in [0.5, 0.6) is 5.75 Å². The summed E-state index contributed by atoms with van der Waals surface area (Å²) in [4.78, 5) is 28.7. The number of rotatable bonds is 6. The van der Waals surface area contributed by atoms with Crippen LogP contribution in [0, 0.1) is 5.92 Å². The zero-order valence-corrected chi connectivity index (χ0v) is 14.0. The van der Waals surface area contributed by atoms with Crippen molar-refractivity contribution in [2.75, 3.05) is 12.4 Å². The third-order valence-electron chi connectivity index (χ3n) is 3.25. The SMILES string of the molecule is COc1ccc(C(=O)NC(C(=O)Nc2nccs2)C(C)C)cc1. The number of nitrogens with one attached hydrogen (secondary N) is 2. The van der Waals surface area contributed by atoms with E-state index in [1.54, 1.807) is 43.0 Å². The van der Waals surface area contributed by atoms with Crippen LogP contribution in [0.3, 0.4) is 0 Å². The predicted molar refractivity (Wildman–Crippen MR) is 89.8 cm³/mol. The molecule has 0 aliphatic rings. The van der Waals surface area contributed by atoms with Crippen LogP contribution in [0.2, 0.25) is 0 Å². The molecule has 0 fully saturated rings. The van der Waals surface area contributed by atoms with Crippen molar-refractivity contribution in [3.63, 3.8) is 0 Å². The molecule has 7 heteroatoms. The van der Waals surface area contributed by atoms with Crippen LogP contribution in [-0.2, 0) is 4.79 Å². The van der Waals surface area contributed by atoms with E-state index in [1.807, 2.05) is 13.8 Å². The number of thiazole rings is 1. The van der Waals surface area contributed by atoms with Gasteiger partial charge < -0.3 is 15.4 Å². The number of carbonyl (C=O) groups excluding carboxylic acids is 2. The number of ether oxygens (including phenoxy) is 1. The van der Waals surface area contributed by atoms with Crippen molar-refractivity contribution in [3.05, 3.63) is 41.4 Å². The lowest BCUT2D eigenvalue weighted by Crippen LogP contribution is -2.47. The standard InChI is InChI=1S/C16H19N3O3S/c1-10(2)13(15(21)19-16-17-8-9-23-16)18-14(20)11-4-6-12(22-3)7-5-11/h4-10,13H,1-3H3,(H,18,20)(H,17,19,21). The van der Waals surface area contributed by atoms with Gasteiger partial charge in [0.15, 0.2) is 5.13 Å². The molecule has 0 radical (unpaired) electrons. The normalized spacial score (nSPS) is 11.8. The number of carbonyl (C=O) groups is 2. The van der Waals surface area contributed by atoms with E-state index < -0.39 is 6.04 Å². The van der Waals surface area contributed by atoms with Gasteiger partial charge in [-0.1, -0.05) is 13.8 Å². The highest BCUT2D eigenvalue weighted by atomic mass is 32.1. The summed E-state index contributed by atoms with van der Waals surface area (Å²) in [6.45, 7) is 3.75. The topological polar surface area (TPSA) is 80.3 Å². The molecule has 0 saturated carbocycles. The second-order valence-corrected chi connectivity index (χ2v) is 6.14. The zero-order chi connectivity index (χ0) is 16.8. The van der Waals surface area contributed by atoms with Gasteiger partial charge in [-0.15, -0.1) is 11.3 Å². The van der Waals surface area contributed by atoms with Crippen molar-refractivity contribution in [3.8, 4) is 5.75 Å². The van der Waals surface area contributed by atoms with Gasteiger partial charge >= 0.3 is 0 Å². The molecule has 6 nitrogen and oxygen atoms in total. The monoisotopic (exact) mass is 333 g/mol. The molecule has 2 aromatic rings. The molecule has 2 rings (SSSR count). The van der Waals surface area contributed by atoms with Gasteiger partial charge in [-0.25, -0.2) is 4.98 Å². The average molecular weight is 333 g/mol. The molecular formula is C16H19N3O3S. The maximum absolute atomic E-state index is 12.3. The van der Waals surface area contributed by atoms with E-state index in [-0.39, 0.29) is 17.7 Å². The lowest BCUT2D eigenvalue weighted by molar-refractivity contribution is -0.118. The molecule has 2 N–H and O–H groups in total. The van der Waals surface area contributed by atoms with Crippen molar-refractivity contribution in [1.82, 2.24) is 10.3 Å². The molecule has 0 spiro atoms. The number of hydrogen-bond acceptors (Lipinski definition) is 5. The highest BCUT2D eigenvalue weighted by Gasteiger charge is 2.25. The fourth-order valence-electron chi connectivity index (χ4n) is 1.97. The second-order valence-electron chi connectivity index (χ2n) is 5.25. The maximum atomic E-state index is 12.3. The first-order valence-electron chi connectivity index (χ1n) is 7.16. The van der Waals surface area contributed by atoms with Gasteiger partial charge in [-0.3, -0.25) is 9.59 Å². The Morgan fingerprint density at radius 3 is 2.43 bits per heavy atom. The number of nitrogens with zero attached hydrogens (tertiary/aromatic N) is 1. The van der Waals surface area contributed by atoms with E-state index >= 15 is 0 Å². The Morgan fingerprint density at radius 2 is 1.91 bits per heavy atom. The van der Waals surface area contributed by atoms with Gasteiger partial charge in [0.2, 0.25) is 5.91 Å². The minimum atomic E-state index is -0.645. The molecule has 1 atom stereocenters. The Hall–Kier alpha value is -2.41. The molecule has 1 aromatic heterocycles. The van der Waals surface area contributed by atoms with Crippen molar-refractivity contribution in [2.24, 2.45) is 5.92 Å². The predicted octanol–water partition coefficient (Wildman–Crippen LogP) is 2.54. The highest BCUT2D eigenvalue weighted by molar-refractivity contribution is 7.13. The Labute approximate surface area is 138 Å². The van der Waals surface area contributed by atoms with Crippen LogP contribution in [0.15, 0.2) is 35.8 Å². The quantitative estimate of drug-likeness (QED) is 0.851. The van der Waals surface area contributed by atoms with Crippen molar-refractivity contribution >= 4 is 28.3 Å². The van der Waals surface area contributed by atoms with Crippen LogP contribution in [-0.4, -0.2) is 29.9 Å². The van der Waals surface area contributed by atoms with E-state index in [0.717, 1.165) is 0 Å². The van der Waals surface area contributed by atoms with Crippen LogP contribution in [0.4, 0.5) is 5.13 Å². The number of aromatic nitrogens is 1. The van der Waals surface area contributed by atoms with Crippen molar-refractivity contribution < 1.29 is 14.3 Å². The molecule has 1 aromatic carbocycles.